The van der Waals surface area contributed by atoms with Crippen molar-refractivity contribution in [3.63, 3.8) is 0 Å². The molecule has 2 rings (SSSR count). The van der Waals surface area contributed by atoms with E-state index in [0.29, 0.717) is 18.6 Å². The minimum Gasteiger partial charge on any atom is -0.494 e. The zero-order valence-electron chi connectivity index (χ0n) is 13.1. The van der Waals surface area contributed by atoms with Crippen LogP contribution in [0.15, 0.2) is 48.5 Å². The maximum Gasteiger partial charge on any atom is 0.303 e. The van der Waals surface area contributed by atoms with Gasteiger partial charge in [-0.15, -0.1) is 0 Å². The number of carboxylic acids is 1. The zero-order chi connectivity index (χ0) is 16.7. The standard InChI is InChI=1S/C19H20O4/c1-2-23-17-12-10-15(11-13-17)14-6-8-16(9-7-14)18(20)4-3-5-19(21)22/h6-13H,2-5H2,1H3,(H,21,22). The molecule has 2 aromatic carbocycles. The van der Waals surface area contributed by atoms with Crippen LogP contribution in [0, 0.1) is 0 Å². The molecule has 0 aliphatic rings. The molecule has 0 atom stereocenters. The van der Waals surface area contributed by atoms with Crippen molar-refractivity contribution in [2.45, 2.75) is 26.2 Å². The highest BCUT2D eigenvalue weighted by molar-refractivity contribution is 5.96. The maximum absolute atomic E-state index is 12.0. The molecular formula is C19H20O4. The maximum atomic E-state index is 12.0. The average Bonchev–Trinajstić information content (AvgIpc) is 2.55. The molecule has 0 spiro atoms. The summed E-state index contributed by atoms with van der Waals surface area (Å²) >= 11 is 0. The SMILES string of the molecule is CCOc1ccc(-c2ccc(C(=O)CCCC(=O)O)cc2)cc1. The largest absolute Gasteiger partial charge is 0.494 e. The highest BCUT2D eigenvalue weighted by atomic mass is 16.5. The summed E-state index contributed by atoms with van der Waals surface area (Å²) in [6.07, 6.45) is 0.652. The summed E-state index contributed by atoms with van der Waals surface area (Å²) < 4.78 is 5.42. The monoisotopic (exact) mass is 312 g/mol. The number of aliphatic carboxylic acids is 1. The Hall–Kier alpha value is -2.62. The number of rotatable bonds is 8. The average molecular weight is 312 g/mol. The van der Waals surface area contributed by atoms with E-state index in [1.54, 1.807) is 12.1 Å². The minimum atomic E-state index is -0.872. The van der Waals surface area contributed by atoms with Gasteiger partial charge < -0.3 is 9.84 Å². The zero-order valence-corrected chi connectivity index (χ0v) is 13.1. The predicted molar refractivity (Wildman–Crippen MR) is 88.9 cm³/mol. The topological polar surface area (TPSA) is 63.6 Å². The summed E-state index contributed by atoms with van der Waals surface area (Å²) in [6, 6.07) is 15.2. The van der Waals surface area contributed by atoms with Crippen molar-refractivity contribution in [3.8, 4) is 16.9 Å². The van der Waals surface area contributed by atoms with Crippen LogP contribution in [-0.4, -0.2) is 23.5 Å². The van der Waals surface area contributed by atoms with E-state index >= 15 is 0 Å². The molecule has 4 nitrogen and oxygen atoms in total. The third-order valence-corrected chi connectivity index (χ3v) is 3.50. The molecule has 0 fully saturated rings. The fourth-order valence-corrected chi connectivity index (χ4v) is 2.30. The number of Topliss-reactive ketones (excluding diaryl/α,β-unsaturated/α-hetero) is 1. The summed E-state index contributed by atoms with van der Waals surface area (Å²) in [5.41, 5.74) is 2.69. The van der Waals surface area contributed by atoms with E-state index < -0.39 is 5.97 Å². The van der Waals surface area contributed by atoms with Gasteiger partial charge in [0.25, 0.3) is 0 Å². The van der Waals surface area contributed by atoms with Crippen molar-refractivity contribution < 1.29 is 19.4 Å². The Morgan fingerprint density at radius 2 is 1.48 bits per heavy atom. The van der Waals surface area contributed by atoms with Crippen LogP contribution in [0.1, 0.15) is 36.5 Å². The quantitative estimate of drug-likeness (QED) is 0.742. The normalized spacial score (nSPS) is 10.3. The molecule has 4 heteroatoms. The lowest BCUT2D eigenvalue weighted by molar-refractivity contribution is -0.137. The first-order chi connectivity index (χ1) is 11.1. The molecule has 0 aliphatic carbocycles. The van der Waals surface area contributed by atoms with E-state index in [4.69, 9.17) is 9.84 Å². The number of carboxylic acid groups (broad SMARTS) is 1. The minimum absolute atomic E-state index is 0.0236. The van der Waals surface area contributed by atoms with Crippen molar-refractivity contribution in [1.82, 2.24) is 0 Å². The third kappa shape index (κ3) is 4.95. The summed E-state index contributed by atoms with van der Waals surface area (Å²) in [5.74, 6) is -0.0605. The van der Waals surface area contributed by atoms with E-state index in [0.717, 1.165) is 16.9 Å². The summed E-state index contributed by atoms with van der Waals surface area (Å²) in [5, 5.41) is 8.59. The van der Waals surface area contributed by atoms with E-state index in [2.05, 4.69) is 0 Å². The molecule has 0 unspecified atom stereocenters. The van der Waals surface area contributed by atoms with Crippen LogP contribution in [-0.2, 0) is 4.79 Å². The van der Waals surface area contributed by atoms with Crippen LogP contribution in [0.2, 0.25) is 0 Å². The smallest absolute Gasteiger partial charge is 0.303 e. The molecule has 1 N–H and O–H groups in total. The van der Waals surface area contributed by atoms with Crippen LogP contribution >= 0.6 is 0 Å². The Kier molecular flexibility index (Phi) is 5.92. The molecule has 0 saturated carbocycles. The van der Waals surface area contributed by atoms with Crippen LogP contribution in [0.3, 0.4) is 0 Å². The lowest BCUT2D eigenvalue weighted by atomic mass is 10.0. The number of hydrogen-bond donors (Lipinski definition) is 1. The van der Waals surface area contributed by atoms with Gasteiger partial charge in [0.15, 0.2) is 5.78 Å². The van der Waals surface area contributed by atoms with Gasteiger partial charge in [0, 0.05) is 18.4 Å². The number of hydrogen-bond acceptors (Lipinski definition) is 3. The molecule has 0 saturated heterocycles. The van der Waals surface area contributed by atoms with Gasteiger partial charge >= 0.3 is 5.97 Å². The molecule has 0 aromatic heterocycles. The number of ether oxygens (including phenoxy) is 1. The third-order valence-electron chi connectivity index (χ3n) is 3.50. The highest BCUT2D eigenvalue weighted by Gasteiger charge is 2.07. The molecule has 0 bridgehead atoms. The number of carbonyl (C=O) groups excluding carboxylic acids is 1. The highest BCUT2D eigenvalue weighted by Crippen LogP contribution is 2.23. The molecule has 0 amide bonds. The van der Waals surface area contributed by atoms with Gasteiger partial charge in [0.2, 0.25) is 0 Å². The van der Waals surface area contributed by atoms with E-state index in [1.807, 2.05) is 43.3 Å². The van der Waals surface area contributed by atoms with Gasteiger partial charge in [-0.05, 0) is 36.6 Å². The first kappa shape index (κ1) is 16.7. The van der Waals surface area contributed by atoms with Crippen LogP contribution in [0.4, 0.5) is 0 Å². The van der Waals surface area contributed by atoms with Crippen molar-refractivity contribution in [3.05, 3.63) is 54.1 Å². The molecule has 0 radical (unpaired) electrons. The number of benzene rings is 2. The Balaban J connectivity index is 2.01. The fraction of sp³-hybridized carbons (Fsp3) is 0.263. The van der Waals surface area contributed by atoms with Crippen molar-refractivity contribution in [1.29, 1.82) is 0 Å². The van der Waals surface area contributed by atoms with Gasteiger partial charge in [-0.2, -0.15) is 0 Å². The number of carbonyl (C=O) groups is 2. The second-order valence-electron chi connectivity index (χ2n) is 5.21. The molecule has 0 heterocycles. The molecule has 0 aliphatic heterocycles. The van der Waals surface area contributed by atoms with E-state index in [9.17, 15) is 9.59 Å². The predicted octanol–water partition coefficient (Wildman–Crippen LogP) is 4.19. The Labute approximate surface area is 135 Å². The summed E-state index contributed by atoms with van der Waals surface area (Å²) in [7, 11) is 0. The van der Waals surface area contributed by atoms with Crippen LogP contribution < -0.4 is 4.74 Å². The van der Waals surface area contributed by atoms with Crippen molar-refractivity contribution >= 4 is 11.8 Å². The van der Waals surface area contributed by atoms with E-state index in [1.165, 1.54) is 0 Å². The molecular weight excluding hydrogens is 292 g/mol. The summed E-state index contributed by atoms with van der Waals surface area (Å²) in [4.78, 5) is 22.4. The van der Waals surface area contributed by atoms with Gasteiger partial charge in [0.05, 0.1) is 6.61 Å². The van der Waals surface area contributed by atoms with Crippen molar-refractivity contribution in [2.75, 3.05) is 6.61 Å². The van der Waals surface area contributed by atoms with Gasteiger partial charge in [-0.3, -0.25) is 9.59 Å². The Bertz CT molecular complexity index is 657. The van der Waals surface area contributed by atoms with Gasteiger partial charge in [0.1, 0.15) is 5.75 Å². The molecule has 2 aromatic rings. The van der Waals surface area contributed by atoms with Crippen LogP contribution in [0.25, 0.3) is 11.1 Å². The Morgan fingerprint density at radius 1 is 0.913 bits per heavy atom. The molecule has 120 valence electrons. The van der Waals surface area contributed by atoms with Gasteiger partial charge in [-0.1, -0.05) is 36.4 Å². The second kappa shape index (κ2) is 8.13. The first-order valence-electron chi connectivity index (χ1n) is 7.68. The Morgan fingerprint density at radius 3 is 2.00 bits per heavy atom. The summed E-state index contributed by atoms with van der Waals surface area (Å²) in [6.45, 7) is 2.58. The number of ketones is 1. The fourth-order valence-electron chi connectivity index (χ4n) is 2.30. The van der Waals surface area contributed by atoms with E-state index in [-0.39, 0.29) is 18.6 Å². The second-order valence-corrected chi connectivity index (χ2v) is 5.21. The van der Waals surface area contributed by atoms with Crippen LogP contribution in [0.5, 0.6) is 5.75 Å². The lowest BCUT2D eigenvalue weighted by Gasteiger charge is -2.06. The molecule has 23 heavy (non-hydrogen) atoms. The van der Waals surface area contributed by atoms with Crippen molar-refractivity contribution in [2.24, 2.45) is 0 Å². The van der Waals surface area contributed by atoms with Gasteiger partial charge in [-0.25, -0.2) is 0 Å². The lowest BCUT2D eigenvalue weighted by Crippen LogP contribution is -2.01. The first-order valence-corrected chi connectivity index (χ1v) is 7.68.